The molecule has 0 aliphatic carbocycles. The second kappa shape index (κ2) is 8.66. The van der Waals surface area contributed by atoms with Crippen molar-refractivity contribution in [1.29, 1.82) is 0 Å². The fourth-order valence-electron chi connectivity index (χ4n) is 3.11. The van der Waals surface area contributed by atoms with Crippen LogP contribution in [0.5, 0.6) is 0 Å². The lowest BCUT2D eigenvalue weighted by Gasteiger charge is -2.28. The Balaban J connectivity index is 1.67. The number of benzene rings is 2. The molecule has 0 saturated carbocycles. The number of thiocarbonyl (C=S) groups is 1. The molecular formula is C22H11Cl2F3N2O3S. The van der Waals surface area contributed by atoms with Crippen LogP contribution >= 0.6 is 35.4 Å². The van der Waals surface area contributed by atoms with E-state index in [9.17, 15) is 22.8 Å². The average Bonchev–Trinajstić information content (AvgIpc) is 3.20. The molecule has 1 fully saturated rings. The van der Waals surface area contributed by atoms with E-state index in [-0.39, 0.29) is 27.8 Å². The van der Waals surface area contributed by atoms with Gasteiger partial charge in [0.1, 0.15) is 17.1 Å². The minimum Gasteiger partial charge on any atom is -0.457 e. The molecule has 0 bridgehead atoms. The first kappa shape index (κ1) is 23.0. The van der Waals surface area contributed by atoms with E-state index in [0.29, 0.717) is 10.7 Å². The lowest BCUT2D eigenvalue weighted by molar-refractivity contribution is -0.137. The number of nitrogens with zero attached hydrogens (tertiary/aromatic N) is 1. The van der Waals surface area contributed by atoms with Crippen LogP contribution in [0.2, 0.25) is 10.0 Å². The van der Waals surface area contributed by atoms with Crippen molar-refractivity contribution in [3.05, 3.63) is 81.5 Å². The minimum atomic E-state index is -4.64. The van der Waals surface area contributed by atoms with Crippen LogP contribution in [-0.4, -0.2) is 16.9 Å². The molecule has 0 atom stereocenters. The number of rotatable bonds is 3. The lowest BCUT2D eigenvalue weighted by Crippen LogP contribution is -2.54. The van der Waals surface area contributed by atoms with Crippen LogP contribution in [-0.2, 0) is 15.8 Å². The molecule has 168 valence electrons. The Morgan fingerprint density at radius 1 is 1.00 bits per heavy atom. The van der Waals surface area contributed by atoms with E-state index in [1.807, 2.05) is 0 Å². The predicted octanol–water partition coefficient (Wildman–Crippen LogP) is 6.10. The van der Waals surface area contributed by atoms with Crippen molar-refractivity contribution >= 4 is 64.1 Å². The fourth-order valence-corrected chi connectivity index (χ4v) is 3.74. The van der Waals surface area contributed by atoms with Gasteiger partial charge in [-0.15, -0.1) is 0 Å². The zero-order valence-electron chi connectivity index (χ0n) is 16.2. The van der Waals surface area contributed by atoms with Crippen LogP contribution in [0.15, 0.2) is 64.6 Å². The third kappa shape index (κ3) is 4.66. The molecule has 3 aromatic rings. The monoisotopic (exact) mass is 510 g/mol. The summed E-state index contributed by atoms with van der Waals surface area (Å²) in [5.41, 5.74) is -0.764. The Morgan fingerprint density at radius 2 is 1.70 bits per heavy atom. The van der Waals surface area contributed by atoms with Crippen LogP contribution in [0.3, 0.4) is 0 Å². The largest absolute Gasteiger partial charge is 0.457 e. The molecule has 1 aromatic heterocycles. The summed E-state index contributed by atoms with van der Waals surface area (Å²) in [4.78, 5) is 26.5. The van der Waals surface area contributed by atoms with Gasteiger partial charge in [0.15, 0.2) is 5.11 Å². The van der Waals surface area contributed by atoms with E-state index in [1.165, 1.54) is 24.3 Å². The van der Waals surface area contributed by atoms with Gasteiger partial charge in [-0.05, 0) is 72.9 Å². The van der Waals surface area contributed by atoms with Crippen LogP contribution in [0.4, 0.5) is 18.9 Å². The molecule has 1 N–H and O–H groups in total. The standard InChI is InChI=1S/C22H11Cl2F3N2O3S/c23-12-2-4-13(5-3-12)29-20(31)15(19(30)28-21(29)33)10-14-6-8-18(32-14)11-1-7-17(24)16(9-11)22(25,26)27/h1-10H,(H,28,30,33)/b15-10+. The van der Waals surface area contributed by atoms with E-state index in [2.05, 4.69) is 5.32 Å². The summed E-state index contributed by atoms with van der Waals surface area (Å²) in [6.45, 7) is 0. The molecule has 0 unspecified atom stereocenters. The number of hydrogen-bond donors (Lipinski definition) is 1. The first-order valence-corrected chi connectivity index (χ1v) is 10.3. The highest BCUT2D eigenvalue weighted by Gasteiger charge is 2.35. The highest BCUT2D eigenvalue weighted by atomic mass is 35.5. The molecule has 2 aromatic carbocycles. The van der Waals surface area contributed by atoms with E-state index < -0.39 is 28.6 Å². The summed E-state index contributed by atoms with van der Waals surface area (Å²) < 4.78 is 45.0. The Morgan fingerprint density at radius 3 is 2.36 bits per heavy atom. The topological polar surface area (TPSA) is 62.6 Å². The van der Waals surface area contributed by atoms with Crippen molar-refractivity contribution in [2.24, 2.45) is 0 Å². The van der Waals surface area contributed by atoms with Gasteiger partial charge in [0.05, 0.1) is 16.3 Å². The minimum absolute atomic E-state index is 0.0795. The van der Waals surface area contributed by atoms with Crippen LogP contribution in [0.25, 0.3) is 17.4 Å². The number of alkyl halides is 3. The number of carbonyl (C=O) groups is 2. The molecule has 0 radical (unpaired) electrons. The highest BCUT2D eigenvalue weighted by molar-refractivity contribution is 7.80. The second-order valence-electron chi connectivity index (χ2n) is 6.83. The van der Waals surface area contributed by atoms with E-state index >= 15 is 0 Å². The van der Waals surface area contributed by atoms with Gasteiger partial charge in [-0.3, -0.25) is 19.8 Å². The molecule has 1 aliphatic rings. The van der Waals surface area contributed by atoms with Crippen LogP contribution < -0.4 is 10.2 Å². The van der Waals surface area contributed by atoms with Crippen molar-refractivity contribution in [3.8, 4) is 11.3 Å². The summed E-state index contributed by atoms with van der Waals surface area (Å²) in [5, 5.41) is 2.33. The van der Waals surface area contributed by atoms with Gasteiger partial charge in [-0.2, -0.15) is 13.2 Å². The van der Waals surface area contributed by atoms with Gasteiger partial charge in [-0.25, -0.2) is 0 Å². The Kier molecular flexibility index (Phi) is 6.04. The van der Waals surface area contributed by atoms with Gasteiger partial charge in [-0.1, -0.05) is 23.2 Å². The summed E-state index contributed by atoms with van der Waals surface area (Å²) >= 11 is 16.7. The number of anilines is 1. The number of carbonyl (C=O) groups excluding carboxylic acids is 2. The predicted molar refractivity (Wildman–Crippen MR) is 122 cm³/mol. The van der Waals surface area contributed by atoms with Crippen molar-refractivity contribution < 1.29 is 27.2 Å². The first-order valence-electron chi connectivity index (χ1n) is 9.18. The number of hydrogen-bond acceptors (Lipinski definition) is 4. The van der Waals surface area contributed by atoms with Crippen molar-refractivity contribution in [2.45, 2.75) is 6.18 Å². The van der Waals surface area contributed by atoms with Gasteiger partial charge >= 0.3 is 6.18 Å². The third-order valence-corrected chi connectivity index (χ3v) is 5.52. The molecule has 0 spiro atoms. The summed E-state index contributed by atoms with van der Waals surface area (Å²) in [6, 6.07) is 12.4. The Hall–Kier alpha value is -3.14. The van der Waals surface area contributed by atoms with Gasteiger partial charge in [0, 0.05) is 10.6 Å². The van der Waals surface area contributed by atoms with Gasteiger partial charge in [0.25, 0.3) is 11.8 Å². The fraction of sp³-hybridized carbons (Fsp3) is 0.0455. The molecule has 2 amide bonds. The SMILES string of the molecule is O=C1NC(=S)N(c2ccc(Cl)cc2)C(=O)/C1=C/c1ccc(-c2ccc(Cl)c(C(F)(F)F)c2)o1. The van der Waals surface area contributed by atoms with Crippen molar-refractivity contribution in [2.75, 3.05) is 4.90 Å². The summed E-state index contributed by atoms with van der Waals surface area (Å²) in [5.74, 6) is -1.26. The van der Waals surface area contributed by atoms with Crippen LogP contribution in [0, 0.1) is 0 Å². The number of nitrogens with one attached hydrogen (secondary N) is 1. The zero-order chi connectivity index (χ0) is 23.9. The van der Waals surface area contributed by atoms with Crippen molar-refractivity contribution in [3.63, 3.8) is 0 Å². The number of furan rings is 1. The lowest BCUT2D eigenvalue weighted by atomic mass is 10.1. The molecule has 1 saturated heterocycles. The zero-order valence-corrected chi connectivity index (χ0v) is 18.6. The molecule has 33 heavy (non-hydrogen) atoms. The molecule has 4 rings (SSSR count). The van der Waals surface area contributed by atoms with Crippen molar-refractivity contribution in [1.82, 2.24) is 5.32 Å². The smallest absolute Gasteiger partial charge is 0.417 e. The molecular weight excluding hydrogens is 500 g/mol. The highest BCUT2D eigenvalue weighted by Crippen LogP contribution is 2.37. The number of halogens is 5. The van der Waals surface area contributed by atoms with E-state index in [4.69, 9.17) is 39.8 Å². The second-order valence-corrected chi connectivity index (χ2v) is 8.06. The molecule has 5 nitrogen and oxygen atoms in total. The third-order valence-electron chi connectivity index (χ3n) is 4.66. The average molecular weight is 511 g/mol. The molecule has 1 aliphatic heterocycles. The summed E-state index contributed by atoms with van der Waals surface area (Å²) in [7, 11) is 0. The first-order chi connectivity index (χ1) is 15.5. The van der Waals surface area contributed by atoms with Gasteiger partial charge in [0.2, 0.25) is 0 Å². The Labute approximate surface area is 200 Å². The quantitative estimate of drug-likeness (QED) is 0.262. The molecule has 11 heteroatoms. The van der Waals surface area contributed by atoms with Gasteiger partial charge < -0.3 is 4.42 Å². The Bertz CT molecular complexity index is 1320. The normalized spacial score (nSPS) is 15.8. The number of amides is 2. The maximum Gasteiger partial charge on any atom is 0.417 e. The summed E-state index contributed by atoms with van der Waals surface area (Å²) in [6.07, 6.45) is -3.45. The maximum atomic E-state index is 13.1. The van der Waals surface area contributed by atoms with E-state index in [0.717, 1.165) is 17.0 Å². The molecule has 2 heterocycles. The maximum absolute atomic E-state index is 13.1. The van der Waals surface area contributed by atoms with E-state index in [1.54, 1.807) is 24.3 Å². The van der Waals surface area contributed by atoms with Crippen LogP contribution in [0.1, 0.15) is 11.3 Å².